The average molecular weight is 581 g/mol. The van der Waals surface area contributed by atoms with Gasteiger partial charge in [-0.15, -0.1) is 11.8 Å². The van der Waals surface area contributed by atoms with Gasteiger partial charge in [0.25, 0.3) is 0 Å². The maximum absolute atomic E-state index is 14.0. The van der Waals surface area contributed by atoms with E-state index in [1.54, 1.807) is 43.0 Å². The number of thioether (sulfide) groups is 1. The third-order valence-electron chi connectivity index (χ3n) is 8.72. The molecule has 0 saturated carbocycles. The van der Waals surface area contributed by atoms with Gasteiger partial charge in [0.15, 0.2) is 0 Å². The number of hydrogen-bond donors (Lipinski definition) is 3. The van der Waals surface area contributed by atoms with Crippen molar-refractivity contribution in [1.29, 1.82) is 0 Å². The summed E-state index contributed by atoms with van der Waals surface area (Å²) in [5, 5.41) is 16.1. The van der Waals surface area contributed by atoms with Crippen LogP contribution in [0.5, 0.6) is 5.75 Å². The number of fused-ring (bicyclic) bond motifs is 1. The first-order chi connectivity index (χ1) is 19.8. The van der Waals surface area contributed by atoms with E-state index in [4.69, 9.17) is 4.74 Å². The van der Waals surface area contributed by atoms with Gasteiger partial charge in [0, 0.05) is 35.4 Å². The molecule has 3 aliphatic rings. The molecule has 2 aromatic carbocycles. The first-order valence-electron chi connectivity index (χ1n) is 14.6. The SMILES string of the molecule is CCOc1ccc(NC(=O)[C@@H]2[C@H]3C(=O)N([C@H](C)CO)C(C(=O)Nc4ccc(N(CC)CC)cc4)C34CC[C@H]2S4)cc1. The number of rotatable bonds is 11. The monoisotopic (exact) mass is 580 g/mol. The molecule has 3 N–H and O–H groups in total. The van der Waals surface area contributed by atoms with E-state index >= 15 is 0 Å². The molecule has 3 saturated heterocycles. The number of nitrogens with zero attached hydrogens (tertiary/aromatic N) is 2. The fraction of sp³-hybridized carbons (Fsp3) is 0.516. The van der Waals surface area contributed by atoms with Crippen LogP contribution in [-0.2, 0) is 14.4 Å². The van der Waals surface area contributed by atoms with E-state index in [1.807, 2.05) is 31.2 Å². The van der Waals surface area contributed by atoms with Gasteiger partial charge >= 0.3 is 0 Å². The second kappa shape index (κ2) is 11.9. The predicted octanol–water partition coefficient (Wildman–Crippen LogP) is 3.98. The molecular weight excluding hydrogens is 540 g/mol. The minimum atomic E-state index is -0.789. The van der Waals surface area contributed by atoms with Crippen molar-refractivity contribution in [2.45, 2.75) is 62.6 Å². The van der Waals surface area contributed by atoms with Gasteiger partial charge in [0.1, 0.15) is 11.8 Å². The predicted molar refractivity (Wildman–Crippen MR) is 162 cm³/mol. The Labute approximate surface area is 246 Å². The molecule has 0 aromatic heterocycles. The summed E-state index contributed by atoms with van der Waals surface area (Å²) in [6.07, 6.45) is 1.42. The lowest BCUT2D eigenvalue weighted by Crippen LogP contribution is -2.54. The molecule has 6 atom stereocenters. The molecule has 9 nitrogen and oxygen atoms in total. The molecular formula is C31H40N4O5S. The molecule has 3 fully saturated rings. The maximum atomic E-state index is 14.0. The van der Waals surface area contributed by atoms with Crippen molar-refractivity contribution >= 4 is 46.5 Å². The summed E-state index contributed by atoms with van der Waals surface area (Å²) in [5.74, 6) is -1.20. The van der Waals surface area contributed by atoms with Crippen LogP contribution in [0, 0.1) is 11.8 Å². The number of aliphatic hydroxyl groups is 1. The van der Waals surface area contributed by atoms with Crippen molar-refractivity contribution in [2.75, 3.05) is 41.8 Å². The fourth-order valence-corrected chi connectivity index (χ4v) is 9.04. The first kappa shape index (κ1) is 29.3. The summed E-state index contributed by atoms with van der Waals surface area (Å²) in [6, 6.07) is 13.6. The minimum absolute atomic E-state index is 0.0538. The smallest absolute Gasteiger partial charge is 0.248 e. The molecule has 3 aliphatic heterocycles. The second-order valence-corrected chi connectivity index (χ2v) is 12.6. The molecule has 2 aromatic rings. The zero-order valence-corrected chi connectivity index (χ0v) is 24.9. The maximum Gasteiger partial charge on any atom is 0.248 e. The van der Waals surface area contributed by atoms with Gasteiger partial charge in [0.2, 0.25) is 17.7 Å². The molecule has 2 unspecified atom stereocenters. The third-order valence-corrected chi connectivity index (χ3v) is 10.7. The van der Waals surface area contributed by atoms with Crippen LogP contribution in [-0.4, -0.2) is 76.1 Å². The number of amides is 3. The van der Waals surface area contributed by atoms with E-state index < -0.39 is 28.7 Å². The third kappa shape index (κ3) is 5.16. The Bertz CT molecular complexity index is 1270. The highest BCUT2D eigenvalue weighted by Gasteiger charge is 2.74. The zero-order valence-electron chi connectivity index (χ0n) is 24.1. The Morgan fingerprint density at radius 1 is 1.05 bits per heavy atom. The topological polar surface area (TPSA) is 111 Å². The summed E-state index contributed by atoms with van der Waals surface area (Å²) < 4.78 is 4.77. The van der Waals surface area contributed by atoms with E-state index in [1.165, 1.54) is 4.90 Å². The van der Waals surface area contributed by atoms with Crippen LogP contribution in [0.3, 0.4) is 0 Å². The Morgan fingerprint density at radius 3 is 2.24 bits per heavy atom. The number of nitrogens with one attached hydrogen (secondary N) is 2. The van der Waals surface area contributed by atoms with Crippen molar-refractivity contribution in [3.8, 4) is 5.75 Å². The van der Waals surface area contributed by atoms with E-state index in [2.05, 4.69) is 29.4 Å². The Balaban J connectivity index is 1.39. The Hall–Kier alpha value is -3.24. The van der Waals surface area contributed by atoms with Gasteiger partial charge in [0.05, 0.1) is 35.8 Å². The summed E-state index contributed by atoms with van der Waals surface area (Å²) in [5.41, 5.74) is 2.36. The number of aliphatic hydroxyl groups excluding tert-OH is 1. The van der Waals surface area contributed by atoms with Gasteiger partial charge in [-0.05, 0) is 89.1 Å². The largest absolute Gasteiger partial charge is 0.494 e. The molecule has 3 heterocycles. The van der Waals surface area contributed by atoms with Crippen LogP contribution in [0.15, 0.2) is 48.5 Å². The van der Waals surface area contributed by atoms with E-state index in [0.29, 0.717) is 24.4 Å². The lowest BCUT2D eigenvalue weighted by atomic mass is 9.70. The van der Waals surface area contributed by atoms with Crippen LogP contribution >= 0.6 is 11.8 Å². The van der Waals surface area contributed by atoms with Crippen LogP contribution in [0.1, 0.15) is 40.5 Å². The number of carbonyl (C=O) groups is 3. The summed E-state index contributed by atoms with van der Waals surface area (Å²) in [4.78, 5) is 45.4. The number of benzene rings is 2. The molecule has 5 rings (SSSR count). The molecule has 0 radical (unpaired) electrons. The zero-order chi connectivity index (χ0) is 29.3. The molecule has 3 amide bonds. The van der Waals surface area contributed by atoms with Crippen LogP contribution in [0.25, 0.3) is 0 Å². The van der Waals surface area contributed by atoms with Crippen molar-refractivity contribution in [1.82, 2.24) is 4.90 Å². The molecule has 2 bridgehead atoms. The summed E-state index contributed by atoms with van der Waals surface area (Å²) in [7, 11) is 0. The quantitative estimate of drug-likeness (QED) is 0.369. The van der Waals surface area contributed by atoms with Gasteiger partial charge < -0.3 is 30.3 Å². The minimum Gasteiger partial charge on any atom is -0.494 e. The number of carbonyl (C=O) groups excluding carboxylic acids is 3. The Kier molecular flexibility index (Phi) is 8.52. The number of anilines is 3. The first-order valence-corrected chi connectivity index (χ1v) is 15.5. The van der Waals surface area contributed by atoms with Gasteiger partial charge in [-0.25, -0.2) is 0 Å². The molecule has 0 aliphatic carbocycles. The molecule has 1 spiro atoms. The van der Waals surface area contributed by atoms with Gasteiger partial charge in [-0.2, -0.15) is 0 Å². The molecule has 220 valence electrons. The van der Waals surface area contributed by atoms with Gasteiger partial charge in [-0.1, -0.05) is 0 Å². The van der Waals surface area contributed by atoms with Crippen LogP contribution in [0.4, 0.5) is 17.1 Å². The number of likely N-dealkylation sites (tertiary alicyclic amines) is 1. The normalized spacial score (nSPS) is 27.0. The second-order valence-electron chi connectivity index (χ2n) is 11.0. The highest BCUT2D eigenvalue weighted by Crippen LogP contribution is 2.66. The summed E-state index contributed by atoms with van der Waals surface area (Å²) >= 11 is 1.61. The number of hydrogen-bond acceptors (Lipinski definition) is 7. The average Bonchev–Trinajstić information content (AvgIpc) is 3.62. The van der Waals surface area contributed by atoms with Crippen molar-refractivity contribution < 1.29 is 24.2 Å². The highest BCUT2D eigenvalue weighted by atomic mass is 32.2. The van der Waals surface area contributed by atoms with E-state index in [-0.39, 0.29) is 29.6 Å². The molecule has 10 heteroatoms. The van der Waals surface area contributed by atoms with Crippen molar-refractivity contribution in [3.63, 3.8) is 0 Å². The van der Waals surface area contributed by atoms with E-state index in [0.717, 1.165) is 30.9 Å². The van der Waals surface area contributed by atoms with E-state index in [9.17, 15) is 19.5 Å². The van der Waals surface area contributed by atoms with Crippen LogP contribution < -0.4 is 20.3 Å². The number of ether oxygens (including phenoxy) is 1. The lowest BCUT2D eigenvalue weighted by molar-refractivity contribution is -0.140. The summed E-state index contributed by atoms with van der Waals surface area (Å²) in [6.45, 7) is 9.92. The van der Waals surface area contributed by atoms with Crippen molar-refractivity contribution in [3.05, 3.63) is 48.5 Å². The highest BCUT2D eigenvalue weighted by molar-refractivity contribution is 8.02. The van der Waals surface area contributed by atoms with Crippen molar-refractivity contribution in [2.24, 2.45) is 11.8 Å². The van der Waals surface area contributed by atoms with Crippen LogP contribution in [0.2, 0.25) is 0 Å². The fourth-order valence-electron chi connectivity index (χ4n) is 6.83. The lowest BCUT2D eigenvalue weighted by Gasteiger charge is -2.36. The van der Waals surface area contributed by atoms with Gasteiger partial charge in [-0.3, -0.25) is 14.4 Å². The Morgan fingerprint density at radius 2 is 1.66 bits per heavy atom. The standard InChI is InChI=1S/C31H40N4O5S/c1-5-34(6-2)22-12-8-20(9-13-22)33-29(38)27-31-17-16-24(41-31)25(26(31)30(39)35(27)19(4)18-36)28(37)32-21-10-14-23(15-11-21)40-7-3/h8-15,19,24-27,36H,5-7,16-18H2,1-4H3,(H,32,37)(H,33,38)/t19-,24-,25+,26+,27?,31?/m1/s1. The molecule has 41 heavy (non-hydrogen) atoms.